The number of aliphatic imine (C=N–C) groups is 1. The maximum absolute atomic E-state index is 14.2. The molecule has 2 aromatic carbocycles. The minimum Gasteiger partial charge on any atom is -0.378 e. The lowest BCUT2D eigenvalue weighted by atomic mass is 10.2. The minimum absolute atomic E-state index is 0.160. The van der Waals surface area contributed by atoms with Crippen molar-refractivity contribution in [2.24, 2.45) is 12.0 Å². The fraction of sp³-hybridized carbons (Fsp3) is 0.261. The molecular formula is C23H27FN6O. The van der Waals surface area contributed by atoms with Crippen LogP contribution in [0.1, 0.15) is 27.3 Å². The molecule has 1 heterocycles. The summed E-state index contributed by atoms with van der Waals surface area (Å²) in [6, 6.07) is 13.5. The van der Waals surface area contributed by atoms with Crippen LogP contribution in [0.25, 0.3) is 0 Å². The van der Waals surface area contributed by atoms with Crippen molar-refractivity contribution in [3.05, 3.63) is 76.9 Å². The van der Waals surface area contributed by atoms with E-state index in [9.17, 15) is 9.18 Å². The summed E-state index contributed by atoms with van der Waals surface area (Å²) in [6.07, 6.45) is 0. The Balaban J connectivity index is 1.89. The van der Waals surface area contributed by atoms with E-state index in [2.05, 4.69) is 20.7 Å². The molecule has 162 valence electrons. The summed E-state index contributed by atoms with van der Waals surface area (Å²) in [5.74, 6) is -0.619. The number of hydrogen-bond donors (Lipinski definition) is 2. The molecule has 1 aromatic heterocycles. The van der Waals surface area contributed by atoms with E-state index in [4.69, 9.17) is 0 Å². The second kappa shape index (κ2) is 9.42. The quantitative estimate of drug-likeness (QED) is 0.486. The van der Waals surface area contributed by atoms with E-state index in [-0.39, 0.29) is 17.6 Å². The van der Waals surface area contributed by atoms with Gasteiger partial charge in [0.05, 0.1) is 17.9 Å². The number of rotatable bonds is 5. The maximum Gasteiger partial charge on any atom is 0.258 e. The lowest BCUT2D eigenvalue weighted by Gasteiger charge is -2.15. The third-order valence-electron chi connectivity index (χ3n) is 5.04. The molecule has 2 N–H and O–H groups in total. The molecule has 0 aliphatic heterocycles. The van der Waals surface area contributed by atoms with Crippen LogP contribution >= 0.6 is 0 Å². The standard InChI is InChI=1S/C23H27FN6O/c1-15-19(16(2)30(5)28-15)14-25-23(26-21-12-7-6-11-20(21)24)27-22(31)17-9-8-10-18(13-17)29(3)4/h6-13H,14H2,1-5H3,(H2,25,26,27,31). The molecule has 3 aromatic rings. The van der Waals surface area contributed by atoms with Gasteiger partial charge in [0.1, 0.15) is 5.82 Å². The van der Waals surface area contributed by atoms with E-state index in [1.165, 1.54) is 6.07 Å². The number of guanidine groups is 1. The molecule has 0 bridgehead atoms. The smallest absolute Gasteiger partial charge is 0.258 e. The van der Waals surface area contributed by atoms with Crippen molar-refractivity contribution in [2.45, 2.75) is 20.4 Å². The van der Waals surface area contributed by atoms with E-state index < -0.39 is 5.82 Å². The topological polar surface area (TPSA) is 74.5 Å². The number of nitrogens with one attached hydrogen (secondary N) is 2. The van der Waals surface area contributed by atoms with Crippen molar-refractivity contribution in [1.82, 2.24) is 15.1 Å². The molecule has 1 amide bonds. The molecule has 0 unspecified atom stereocenters. The number of halogens is 1. The first-order chi connectivity index (χ1) is 14.8. The zero-order chi connectivity index (χ0) is 22.5. The van der Waals surface area contributed by atoms with Gasteiger partial charge in [0.2, 0.25) is 5.96 Å². The third kappa shape index (κ3) is 5.28. The van der Waals surface area contributed by atoms with Crippen molar-refractivity contribution in [2.75, 3.05) is 24.3 Å². The molecule has 0 aliphatic carbocycles. The Morgan fingerprint density at radius 3 is 2.55 bits per heavy atom. The number of benzene rings is 2. The van der Waals surface area contributed by atoms with Crippen LogP contribution in [0.3, 0.4) is 0 Å². The Morgan fingerprint density at radius 1 is 1.16 bits per heavy atom. The van der Waals surface area contributed by atoms with Gasteiger partial charge < -0.3 is 10.2 Å². The van der Waals surface area contributed by atoms with Gasteiger partial charge in [-0.2, -0.15) is 5.10 Å². The van der Waals surface area contributed by atoms with Gasteiger partial charge in [0, 0.05) is 43.7 Å². The third-order valence-corrected chi connectivity index (χ3v) is 5.04. The maximum atomic E-state index is 14.2. The van der Waals surface area contributed by atoms with Gasteiger partial charge in [0.15, 0.2) is 0 Å². The summed E-state index contributed by atoms with van der Waals surface area (Å²) in [4.78, 5) is 19.3. The van der Waals surface area contributed by atoms with Crippen molar-refractivity contribution >= 4 is 23.2 Å². The first-order valence-electron chi connectivity index (χ1n) is 9.90. The molecule has 0 aliphatic rings. The molecule has 0 saturated carbocycles. The van der Waals surface area contributed by atoms with Crippen molar-refractivity contribution in [1.29, 1.82) is 0 Å². The molecule has 0 spiro atoms. The zero-order valence-electron chi connectivity index (χ0n) is 18.4. The van der Waals surface area contributed by atoms with E-state index >= 15 is 0 Å². The van der Waals surface area contributed by atoms with Gasteiger partial charge in [-0.1, -0.05) is 18.2 Å². The summed E-state index contributed by atoms with van der Waals surface area (Å²) >= 11 is 0. The zero-order valence-corrected chi connectivity index (χ0v) is 18.4. The van der Waals surface area contributed by atoms with Crippen LogP contribution in [0.4, 0.5) is 15.8 Å². The normalized spacial score (nSPS) is 11.4. The molecule has 8 heteroatoms. The summed E-state index contributed by atoms with van der Waals surface area (Å²) in [6.45, 7) is 4.16. The first-order valence-corrected chi connectivity index (χ1v) is 9.90. The van der Waals surface area contributed by atoms with Crippen molar-refractivity contribution < 1.29 is 9.18 Å². The van der Waals surface area contributed by atoms with Gasteiger partial charge in [-0.3, -0.25) is 14.8 Å². The number of para-hydroxylation sites is 1. The van der Waals surface area contributed by atoms with Gasteiger partial charge in [-0.05, 0) is 44.2 Å². The van der Waals surface area contributed by atoms with Crippen LogP contribution in [0.15, 0.2) is 53.5 Å². The fourth-order valence-corrected chi connectivity index (χ4v) is 3.11. The second-order valence-electron chi connectivity index (χ2n) is 7.44. The molecule has 31 heavy (non-hydrogen) atoms. The number of aromatic nitrogens is 2. The molecule has 0 fully saturated rings. The van der Waals surface area contributed by atoms with Crippen LogP contribution in [0, 0.1) is 19.7 Å². The Kier molecular flexibility index (Phi) is 6.69. The van der Waals surface area contributed by atoms with Crippen LogP contribution in [0.5, 0.6) is 0 Å². The Bertz CT molecular complexity index is 1120. The van der Waals surface area contributed by atoms with Crippen LogP contribution in [0.2, 0.25) is 0 Å². The van der Waals surface area contributed by atoms with E-state index in [0.29, 0.717) is 12.1 Å². The lowest BCUT2D eigenvalue weighted by Crippen LogP contribution is -2.36. The van der Waals surface area contributed by atoms with E-state index in [1.54, 1.807) is 35.0 Å². The average Bonchev–Trinajstić information content (AvgIpc) is 2.99. The largest absolute Gasteiger partial charge is 0.378 e. The Labute approximate surface area is 181 Å². The summed E-state index contributed by atoms with van der Waals surface area (Å²) < 4.78 is 16.0. The number of aryl methyl sites for hydroxylation is 2. The molecule has 7 nitrogen and oxygen atoms in total. The number of amides is 1. The van der Waals surface area contributed by atoms with Gasteiger partial charge >= 0.3 is 0 Å². The molecule has 0 radical (unpaired) electrons. The molecule has 0 atom stereocenters. The molecule has 0 saturated heterocycles. The number of nitrogens with zero attached hydrogens (tertiary/aromatic N) is 4. The fourth-order valence-electron chi connectivity index (χ4n) is 3.11. The number of anilines is 2. The Hall–Kier alpha value is -3.68. The van der Waals surface area contributed by atoms with Crippen LogP contribution < -0.4 is 15.5 Å². The molecular weight excluding hydrogens is 395 g/mol. The monoisotopic (exact) mass is 422 g/mol. The summed E-state index contributed by atoms with van der Waals surface area (Å²) in [5.41, 5.74) is 4.40. The van der Waals surface area contributed by atoms with E-state index in [1.807, 2.05) is 52.0 Å². The highest BCUT2D eigenvalue weighted by atomic mass is 19.1. The highest BCUT2D eigenvalue weighted by Gasteiger charge is 2.14. The number of carbonyl (C=O) groups is 1. The van der Waals surface area contributed by atoms with E-state index in [0.717, 1.165) is 22.6 Å². The number of carbonyl (C=O) groups excluding carboxylic acids is 1. The predicted octanol–water partition coefficient (Wildman–Crippen LogP) is 3.64. The van der Waals surface area contributed by atoms with Crippen molar-refractivity contribution in [3.8, 4) is 0 Å². The predicted molar refractivity (Wildman–Crippen MR) is 122 cm³/mol. The van der Waals surface area contributed by atoms with Gasteiger partial charge in [-0.25, -0.2) is 9.38 Å². The lowest BCUT2D eigenvalue weighted by molar-refractivity contribution is 0.0977. The highest BCUT2D eigenvalue weighted by molar-refractivity contribution is 6.10. The summed E-state index contributed by atoms with van der Waals surface area (Å²) in [7, 11) is 5.68. The SMILES string of the molecule is Cc1nn(C)c(C)c1CN=C(NC(=O)c1cccc(N(C)C)c1)Nc1ccccc1F. The minimum atomic E-state index is -0.437. The molecule has 3 rings (SSSR count). The second-order valence-corrected chi connectivity index (χ2v) is 7.44. The van der Waals surface area contributed by atoms with Gasteiger partial charge in [-0.15, -0.1) is 0 Å². The van der Waals surface area contributed by atoms with Crippen LogP contribution in [-0.4, -0.2) is 35.7 Å². The average molecular weight is 423 g/mol. The van der Waals surface area contributed by atoms with Crippen molar-refractivity contribution in [3.63, 3.8) is 0 Å². The Morgan fingerprint density at radius 2 is 1.90 bits per heavy atom. The first kappa shape index (κ1) is 22.0. The summed E-state index contributed by atoms with van der Waals surface area (Å²) in [5, 5.41) is 10.1. The van der Waals surface area contributed by atoms with Gasteiger partial charge in [0.25, 0.3) is 5.91 Å². The highest BCUT2D eigenvalue weighted by Crippen LogP contribution is 2.16. The number of hydrogen-bond acceptors (Lipinski definition) is 4. The van der Waals surface area contributed by atoms with Crippen LogP contribution in [-0.2, 0) is 13.6 Å².